The van der Waals surface area contributed by atoms with E-state index < -0.39 is 6.17 Å². The van der Waals surface area contributed by atoms with E-state index in [2.05, 4.69) is 0 Å². The van der Waals surface area contributed by atoms with E-state index >= 15 is 0 Å². The number of halogens is 3. The van der Waals surface area contributed by atoms with E-state index in [1.807, 2.05) is 0 Å². The molecule has 0 radical (unpaired) electrons. The lowest BCUT2D eigenvalue weighted by atomic mass is 10.4. The molecule has 0 spiro atoms. The first kappa shape index (κ1) is 8.11. The Hall–Kier alpha value is 0.110. The van der Waals surface area contributed by atoms with Gasteiger partial charge in [0.05, 0.1) is 6.54 Å². The molecule has 4 heteroatoms. The maximum Gasteiger partial charge on any atom is 0.117 e. The Morgan fingerprint density at radius 2 is 2.12 bits per heavy atom. The molecule has 1 aliphatic rings. The molecule has 1 rings (SSSR count). The predicted molar refractivity (Wildman–Crippen MR) is 29.4 cm³/mol. The van der Waals surface area contributed by atoms with Crippen molar-refractivity contribution in [3.8, 4) is 0 Å². The number of rotatable bonds is 0. The zero-order chi connectivity index (χ0) is 5.28. The Morgan fingerprint density at radius 3 is 2.25 bits per heavy atom. The molecule has 0 amide bonds. The van der Waals surface area contributed by atoms with Crippen molar-refractivity contribution in [3.63, 3.8) is 0 Å². The molecule has 1 atom stereocenters. The second kappa shape index (κ2) is 3.20. The van der Waals surface area contributed by atoms with Crippen molar-refractivity contribution in [3.05, 3.63) is 0 Å². The molecule has 1 unspecified atom stereocenters. The van der Waals surface area contributed by atoms with Crippen molar-refractivity contribution in [2.75, 3.05) is 13.1 Å². The Balaban J connectivity index is 0.000000490. The number of alkyl halides is 1. The highest BCUT2D eigenvalue weighted by molar-refractivity contribution is 5.85. The summed E-state index contributed by atoms with van der Waals surface area (Å²) in [6.07, 6.45) is -0.568. The van der Waals surface area contributed by atoms with Crippen LogP contribution in [0.4, 0.5) is 8.87 Å². The van der Waals surface area contributed by atoms with E-state index in [-0.39, 0.29) is 25.5 Å². The minimum Gasteiger partial charge on any atom is -0.246 e. The van der Waals surface area contributed by atoms with Crippen molar-refractivity contribution < 1.29 is 8.87 Å². The van der Waals surface area contributed by atoms with Crippen LogP contribution in [0.15, 0.2) is 0 Å². The van der Waals surface area contributed by atoms with Crippen LogP contribution in [-0.4, -0.2) is 24.4 Å². The van der Waals surface area contributed by atoms with Crippen molar-refractivity contribution in [1.29, 1.82) is 0 Å². The molecule has 1 aliphatic heterocycles. The second-order valence-corrected chi connectivity index (χ2v) is 1.75. The highest BCUT2D eigenvalue weighted by Gasteiger charge is 2.20. The maximum atomic E-state index is 11.9. The van der Waals surface area contributed by atoms with Crippen molar-refractivity contribution in [1.82, 2.24) is 5.12 Å². The van der Waals surface area contributed by atoms with Gasteiger partial charge in [0, 0.05) is 6.54 Å². The van der Waals surface area contributed by atoms with Crippen LogP contribution in [0.5, 0.6) is 0 Å². The molecule has 0 aromatic rings. The van der Waals surface area contributed by atoms with Gasteiger partial charge in [0.2, 0.25) is 0 Å². The van der Waals surface area contributed by atoms with Crippen LogP contribution in [-0.2, 0) is 0 Å². The van der Waals surface area contributed by atoms with Crippen LogP contribution in [0.3, 0.4) is 0 Å². The van der Waals surface area contributed by atoms with E-state index in [0.29, 0.717) is 11.5 Å². The van der Waals surface area contributed by atoms with Crippen LogP contribution in [0.2, 0.25) is 0 Å². The standard InChI is InChI=1S/C4H7F2N.ClH/c5-4-1-2-7(6)3-4;/h4H,1-3H2;1H. The molecule has 1 nitrogen and oxygen atoms in total. The van der Waals surface area contributed by atoms with E-state index in [4.69, 9.17) is 0 Å². The molecule has 0 aromatic heterocycles. The van der Waals surface area contributed by atoms with Gasteiger partial charge in [0.1, 0.15) is 6.17 Å². The number of hydrogen-bond acceptors (Lipinski definition) is 1. The van der Waals surface area contributed by atoms with Crippen LogP contribution in [0.25, 0.3) is 0 Å². The summed E-state index contributed by atoms with van der Waals surface area (Å²) in [4.78, 5) is 0. The van der Waals surface area contributed by atoms with Crippen molar-refractivity contribution in [2.45, 2.75) is 12.6 Å². The molecule has 0 saturated carbocycles. The first-order valence-corrected chi connectivity index (χ1v) is 2.34. The largest absolute Gasteiger partial charge is 0.246 e. The first-order valence-electron chi connectivity index (χ1n) is 2.34. The summed E-state index contributed by atoms with van der Waals surface area (Å²) in [5.74, 6) is 0. The summed E-state index contributed by atoms with van der Waals surface area (Å²) in [6, 6.07) is 0. The van der Waals surface area contributed by atoms with Crippen LogP contribution >= 0.6 is 12.4 Å². The van der Waals surface area contributed by atoms with Gasteiger partial charge in [0.25, 0.3) is 0 Å². The SMILES string of the molecule is Cl.FC1CCN(F)C1. The Bertz CT molecular complexity index is 63.1. The lowest BCUT2D eigenvalue weighted by Crippen LogP contribution is -2.08. The second-order valence-electron chi connectivity index (χ2n) is 1.75. The molecule has 0 bridgehead atoms. The topological polar surface area (TPSA) is 3.24 Å². The van der Waals surface area contributed by atoms with Gasteiger partial charge in [-0.05, 0) is 6.42 Å². The van der Waals surface area contributed by atoms with Crippen molar-refractivity contribution in [2.24, 2.45) is 0 Å². The van der Waals surface area contributed by atoms with Crippen LogP contribution in [0, 0.1) is 0 Å². The van der Waals surface area contributed by atoms with Gasteiger partial charge < -0.3 is 0 Å². The highest BCUT2D eigenvalue weighted by atomic mass is 35.5. The molecule has 0 aliphatic carbocycles. The minimum atomic E-state index is -0.926. The molecular weight excluding hydrogens is 136 g/mol. The third kappa shape index (κ3) is 1.92. The fraction of sp³-hybridized carbons (Fsp3) is 1.00. The fourth-order valence-electron chi connectivity index (χ4n) is 0.678. The lowest BCUT2D eigenvalue weighted by Gasteiger charge is -1.95. The third-order valence-electron chi connectivity index (χ3n) is 1.08. The van der Waals surface area contributed by atoms with E-state index in [1.165, 1.54) is 0 Å². The van der Waals surface area contributed by atoms with Gasteiger partial charge in [-0.1, -0.05) is 0 Å². The molecule has 8 heavy (non-hydrogen) atoms. The van der Waals surface area contributed by atoms with E-state index in [0.717, 1.165) is 0 Å². The number of nitrogens with zero attached hydrogens (tertiary/aromatic N) is 1. The Labute approximate surface area is 53.0 Å². The normalized spacial score (nSPS) is 30.0. The smallest absolute Gasteiger partial charge is 0.117 e. The van der Waals surface area contributed by atoms with Gasteiger partial charge >= 0.3 is 0 Å². The van der Waals surface area contributed by atoms with Gasteiger partial charge in [-0.3, -0.25) is 0 Å². The molecule has 0 aromatic carbocycles. The maximum absolute atomic E-state index is 11.9. The summed E-state index contributed by atoms with van der Waals surface area (Å²) in [5.41, 5.74) is 0. The number of hydrogen-bond donors (Lipinski definition) is 0. The summed E-state index contributed by atoms with van der Waals surface area (Å²) >= 11 is 0. The van der Waals surface area contributed by atoms with E-state index in [1.54, 1.807) is 0 Å². The Kier molecular flexibility index (Phi) is 3.24. The summed E-state index contributed by atoms with van der Waals surface area (Å²) in [7, 11) is 0. The van der Waals surface area contributed by atoms with Gasteiger partial charge in [-0.25, -0.2) is 4.39 Å². The summed E-state index contributed by atoms with van der Waals surface area (Å²) in [5, 5.41) is 0.505. The van der Waals surface area contributed by atoms with Gasteiger partial charge in [-0.2, -0.15) is 0 Å². The van der Waals surface area contributed by atoms with Crippen LogP contribution < -0.4 is 0 Å². The molecule has 0 N–H and O–H groups in total. The highest BCUT2D eigenvalue weighted by Crippen LogP contribution is 2.10. The predicted octanol–water partition coefficient (Wildman–Crippen LogP) is 1.34. The summed E-state index contributed by atoms with van der Waals surface area (Å²) < 4.78 is 23.7. The summed E-state index contributed by atoms with van der Waals surface area (Å²) in [6.45, 7) is 0.237. The quantitative estimate of drug-likeness (QED) is 0.463. The fourth-order valence-corrected chi connectivity index (χ4v) is 0.678. The first-order chi connectivity index (χ1) is 3.29. The lowest BCUT2D eigenvalue weighted by molar-refractivity contribution is 0.0493. The third-order valence-corrected chi connectivity index (χ3v) is 1.08. The van der Waals surface area contributed by atoms with Gasteiger partial charge in [-0.15, -0.1) is 22.0 Å². The molecular formula is C4H8ClF2N. The zero-order valence-electron chi connectivity index (χ0n) is 4.31. The minimum absolute atomic E-state index is 0. The average molecular weight is 144 g/mol. The Morgan fingerprint density at radius 1 is 1.50 bits per heavy atom. The zero-order valence-corrected chi connectivity index (χ0v) is 5.13. The van der Waals surface area contributed by atoms with Gasteiger partial charge in [0.15, 0.2) is 0 Å². The average Bonchev–Trinajstić information content (AvgIpc) is 1.87. The monoisotopic (exact) mass is 143 g/mol. The van der Waals surface area contributed by atoms with Crippen LogP contribution in [0.1, 0.15) is 6.42 Å². The molecule has 1 saturated heterocycles. The molecule has 1 heterocycles. The van der Waals surface area contributed by atoms with E-state index in [9.17, 15) is 8.87 Å². The molecule has 1 fully saturated rings. The van der Waals surface area contributed by atoms with Crippen molar-refractivity contribution >= 4 is 12.4 Å². The molecule has 50 valence electrons.